The van der Waals surface area contributed by atoms with Gasteiger partial charge in [0.05, 0.1) is 17.6 Å². The minimum Gasteiger partial charge on any atom is -0.465 e. The molecule has 1 aliphatic heterocycles. The summed E-state index contributed by atoms with van der Waals surface area (Å²) in [6.45, 7) is 6.81. The van der Waals surface area contributed by atoms with E-state index in [1.807, 2.05) is 18.2 Å². The van der Waals surface area contributed by atoms with Crippen molar-refractivity contribution in [3.63, 3.8) is 0 Å². The largest absolute Gasteiger partial charge is 0.481 e. The van der Waals surface area contributed by atoms with E-state index in [-0.39, 0.29) is 23.1 Å². The molecule has 1 saturated heterocycles. The van der Waals surface area contributed by atoms with Crippen molar-refractivity contribution < 1.29 is 19.2 Å². The van der Waals surface area contributed by atoms with Crippen LogP contribution in [0.1, 0.15) is 45.6 Å². The Kier molecular flexibility index (Phi) is 4.31. The Hall–Kier alpha value is -1.53. The average Bonchev–Trinajstić information content (AvgIpc) is 2.96. The van der Waals surface area contributed by atoms with Crippen molar-refractivity contribution in [2.45, 2.75) is 64.1 Å². The fraction of sp³-hybridized carbons (Fsp3) is 0.650. The van der Waals surface area contributed by atoms with Crippen LogP contribution in [0.5, 0.6) is 0 Å². The summed E-state index contributed by atoms with van der Waals surface area (Å²) in [6, 6.07) is 10.1. The zero-order chi connectivity index (χ0) is 18.5. The van der Waals surface area contributed by atoms with Crippen LogP contribution in [-0.2, 0) is 15.7 Å². The van der Waals surface area contributed by atoms with Gasteiger partial charge in [0.1, 0.15) is 0 Å². The molecular weight excluding hydrogens is 329 g/mol. The van der Waals surface area contributed by atoms with Crippen LogP contribution in [0.15, 0.2) is 30.3 Å². The molecule has 5 rings (SSSR count). The van der Waals surface area contributed by atoms with Crippen molar-refractivity contribution in [1.82, 2.24) is 5.32 Å². The van der Waals surface area contributed by atoms with Gasteiger partial charge in [-0.2, -0.15) is 0 Å². The van der Waals surface area contributed by atoms with E-state index in [9.17, 15) is 9.90 Å². The molecular formula is C20H28BNO4. The molecule has 0 aromatic heterocycles. The highest BCUT2D eigenvalue weighted by atomic mass is 16.7. The Labute approximate surface area is 155 Å². The van der Waals surface area contributed by atoms with Gasteiger partial charge in [0.25, 0.3) is 0 Å². The summed E-state index contributed by atoms with van der Waals surface area (Å²) in [5.41, 5.74) is 1.16. The molecule has 0 radical (unpaired) electrons. The number of carboxylic acid groups (broad SMARTS) is 1. The first kappa shape index (κ1) is 17.9. The minimum absolute atomic E-state index is 0.0686. The summed E-state index contributed by atoms with van der Waals surface area (Å²) >= 11 is 0. The fourth-order valence-corrected chi connectivity index (χ4v) is 5.47. The van der Waals surface area contributed by atoms with Gasteiger partial charge >= 0.3 is 13.2 Å². The molecule has 140 valence electrons. The second-order valence-corrected chi connectivity index (χ2v) is 8.92. The molecule has 1 aromatic carbocycles. The van der Waals surface area contributed by atoms with Crippen LogP contribution in [0.4, 0.5) is 4.79 Å². The molecule has 2 bridgehead atoms. The second-order valence-electron chi connectivity index (χ2n) is 8.92. The van der Waals surface area contributed by atoms with E-state index >= 15 is 0 Å². The van der Waals surface area contributed by atoms with E-state index in [0.717, 1.165) is 12.8 Å². The Balaban J connectivity index is 1.48. The SMILES string of the molecule is CC1(C)[C@@H]2C[C@H]3OB([C@H](CCc4ccccc4)NC(=O)O)O[C@@]3(C)[C@H]1C2. The van der Waals surface area contributed by atoms with Crippen molar-refractivity contribution in [3.8, 4) is 0 Å². The van der Waals surface area contributed by atoms with E-state index in [0.29, 0.717) is 18.3 Å². The second kappa shape index (κ2) is 6.27. The predicted octanol–water partition coefficient (Wildman–Crippen LogP) is 3.52. The Morgan fingerprint density at radius 1 is 1.31 bits per heavy atom. The molecule has 3 saturated carbocycles. The number of benzene rings is 1. The number of amides is 1. The van der Waals surface area contributed by atoms with Gasteiger partial charge in [-0.3, -0.25) is 0 Å². The first-order chi connectivity index (χ1) is 12.3. The first-order valence-electron chi connectivity index (χ1n) is 9.67. The maximum absolute atomic E-state index is 11.3. The standard InChI is InChI=1S/C20H28BNO4/c1-19(2)14-11-15(19)20(3)16(12-14)25-21(26-20)17(22-18(23)24)10-9-13-7-5-4-6-8-13/h4-8,14-17,22H,9-12H2,1-3H3,(H,23,24)/t14-,15-,16+,17-,20-/m0/s1. The number of aryl methyl sites for hydroxylation is 1. The van der Waals surface area contributed by atoms with Crippen LogP contribution in [0.3, 0.4) is 0 Å². The maximum atomic E-state index is 11.3. The molecule has 4 fully saturated rings. The average molecular weight is 357 g/mol. The topological polar surface area (TPSA) is 67.8 Å². The van der Waals surface area contributed by atoms with Crippen molar-refractivity contribution in [3.05, 3.63) is 35.9 Å². The molecule has 5 atom stereocenters. The molecule has 2 N–H and O–H groups in total. The molecule has 0 spiro atoms. The molecule has 3 aliphatic carbocycles. The van der Waals surface area contributed by atoms with Gasteiger partial charge < -0.3 is 19.7 Å². The highest BCUT2D eigenvalue weighted by Gasteiger charge is 2.68. The summed E-state index contributed by atoms with van der Waals surface area (Å²) in [5, 5.41) is 11.9. The zero-order valence-corrected chi connectivity index (χ0v) is 15.8. The number of carbonyl (C=O) groups is 1. The van der Waals surface area contributed by atoms with Gasteiger partial charge in [0.2, 0.25) is 0 Å². The normalized spacial score (nSPS) is 35.3. The highest BCUT2D eigenvalue weighted by Crippen LogP contribution is 2.65. The highest BCUT2D eigenvalue weighted by molar-refractivity contribution is 6.47. The van der Waals surface area contributed by atoms with Crippen LogP contribution in [0.25, 0.3) is 0 Å². The summed E-state index contributed by atoms with van der Waals surface area (Å²) < 4.78 is 12.7. The fourth-order valence-electron chi connectivity index (χ4n) is 5.47. The lowest BCUT2D eigenvalue weighted by atomic mass is 9.43. The van der Waals surface area contributed by atoms with Crippen molar-refractivity contribution >= 4 is 13.2 Å². The maximum Gasteiger partial charge on any atom is 0.481 e. The number of hydrogen-bond donors (Lipinski definition) is 2. The van der Waals surface area contributed by atoms with E-state index in [2.05, 4.69) is 38.2 Å². The van der Waals surface area contributed by atoms with E-state index in [4.69, 9.17) is 9.31 Å². The zero-order valence-electron chi connectivity index (χ0n) is 15.8. The molecule has 5 nitrogen and oxygen atoms in total. The van der Waals surface area contributed by atoms with Crippen LogP contribution in [0.2, 0.25) is 0 Å². The number of rotatable bonds is 5. The van der Waals surface area contributed by atoms with Crippen LogP contribution >= 0.6 is 0 Å². The van der Waals surface area contributed by atoms with Crippen molar-refractivity contribution in [2.75, 3.05) is 0 Å². The number of nitrogens with one attached hydrogen (secondary N) is 1. The van der Waals surface area contributed by atoms with Gasteiger partial charge in [0.15, 0.2) is 0 Å². The smallest absolute Gasteiger partial charge is 0.465 e. The first-order valence-corrected chi connectivity index (χ1v) is 9.67. The lowest BCUT2D eigenvalue weighted by Crippen LogP contribution is -2.65. The minimum atomic E-state index is -1.03. The summed E-state index contributed by atoms with van der Waals surface area (Å²) in [4.78, 5) is 11.3. The Morgan fingerprint density at radius 2 is 2.04 bits per heavy atom. The molecule has 1 aromatic rings. The molecule has 4 aliphatic rings. The van der Waals surface area contributed by atoms with E-state index < -0.39 is 13.2 Å². The van der Waals surface area contributed by atoms with Crippen LogP contribution in [0, 0.1) is 17.3 Å². The molecule has 26 heavy (non-hydrogen) atoms. The summed E-state index contributed by atoms with van der Waals surface area (Å²) in [6.07, 6.45) is 2.68. The van der Waals surface area contributed by atoms with Gasteiger partial charge in [-0.25, -0.2) is 4.79 Å². The molecule has 1 heterocycles. The van der Waals surface area contributed by atoms with Gasteiger partial charge in [-0.15, -0.1) is 0 Å². The molecule has 6 heteroatoms. The van der Waals surface area contributed by atoms with Crippen LogP contribution < -0.4 is 5.32 Å². The van der Waals surface area contributed by atoms with Crippen molar-refractivity contribution in [2.24, 2.45) is 17.3 Å². The quantitative estimate of drug-likeness (QED) is 0.792. The molecule has 0 unspecified atom stereocenters. The predicted molar refractivity (Wildman–Crippen MR) is 99.8 cm³/mol. The summed E-state index contributed by atoms with van der Waals surface area (Å²) in [7, 11) is -0.514. The summed E-state index contributed by atoms with van der Waals surface area (Å²) in [5.74, 6) is 0.793. The van der Waals surface area contributed by atoms with Gasteiger partial charge in [0, 0.05) is 0 Å². The van der Waals surface area contributed by atoms with E-state index in [1.54, 1.807) is 0 Å². The number of hydrogen-bond acceptors (Lipinski definition) is 3. The lowest BCUT2D eigenvalue weighted by Gasteiger charge is -2.64. The molecule has 1 amide bonds. The van der Waals surface area contributed by atoms with Crippen molar-refractivity contribution in [1.29, 1.82) is 0 Å². The third-order valence-electron chi connectivity index (χ3n) is 7.19. The van der Waals surface area contributed by atoms with E-state index in [1.165, 1.54) is 12.0 Å². The van der Waals surface area contributed by atoms with Gasteiger partial charge in [-0.05, 0) is 55.4 Å². The Bertz CT molecular complexity index is 682. The van der Waals surface area contributed by atoms with Crippen LogP contribution in [-0.4, -0.2) is 36.0 Å². The third kappa shape index (κ3) is 2.83. The van der Waals surface area contributed by atoms with Gasteiger partial charge in [-0.1, -0.05) is 44.2 Å². The third-order valence-corrected chi connectivity index (χ3v) is 7.19. The monoisotopic (exact) mass is 357 g/mol. The lowest BCUT2D eigenvalue weighted by molar-refractivity contribution is -0.199. The Morgan fingerprint density at radius 3 is 2.69 bits per heavy atom.